The van der Waals surface area contributed by atoms with Crippen LogP contribution in [0.4, 0.5) is 0 Å². The lowest BCUT2D eigenvalue weighted by Gasteiger charge is -2.36. The highest BCUT2D eigenvalue weighted by Crippen LogP contribution is 2.38. The molecule has 1 aliphatic carbocycles. The van der Waals surface area contributed by atoms with E-state index in [1.54, 1.807) is 0 Å². The van der Waals surface area contributed by atoms with Gasteiger partial charge in [-0.3, -0.25) is 4.79 Å². The van der Waals surface area contributed by atoms with E-state index >= 15 is 0 Å². The Morgan fingerprint density at radius 2 is 1.91 bits per heavy atom. The van der Waals surface area contributed by atoms with Crippen LogP contribution in [0.2, 0.25) is 0 Å². The lowest BCUT2D eigenvalue weighted by atomic mass is 9.71. The van der Waals surface area contributed by atoms with Crippen LogP contribution >= 0.6 is 0 Å². The maximum Gasteiger partial charge on any atom is 0.220 e. The fourth-order valence-electron chi connectivity index (χ4n) is 3.52. The third-order valence-electron chi connectivity index (χ3n) is 5.00. The van der Waals surface area contributed by atoms with Gasteiger partial charge in [-0.2, -0.15) is 0 Å². The van der Waals surface area contributed by atoms with Crippen LogP contribution in [0.1, 0.15) is 57.4 Å². The van der Waals surface area contributed by atoms with Crippen molar-refractivity contribution in [2.45, 2.75) is 64.3 Å². The zero-order valence-corrected chi connectivity index (χ0v) is 13.8. The summed E-state index contributed by atoms with van der Waals surface area (Å²) in [5.74, 6) is 0.174. The Hall–Kier alpha value is -1.35. The van der Waals surface area contributed by atoms with E-state index in [4.69, 9.17) is 5.73 Å². The Bertz CT molecular complexity index is 452. The highest BCUT2D eigenvalue weighted by Gasteiger charge is 2.33. The molecule has 3 heteroatoms. The van der Waals surface area contributed by atoms with Crippen LogP contribution in [0.25, 0.3) is 0 Å². The van der Waals surface area contributed by atoms with Crippen LogP contribution in [-0.4, -0.2) is 18.5 Å². The number of carbonyl (C=O) groups excluding carboxylic acids is 1. The van der Waals surface area contributed by atoms with E-state index in [2.05, 4.69) is 36.5 Å². The SMILES string of the molecule is CC(CCc1ccccc1)NC(=O)CC1(CN)CCCCC1. The molecular weight excluding hydrogens is 272 g/mol. The van der Waals surface area contributed by atoms with Crippen molar-refractivity contribution in [2.24, 2.45) is 11.1 Å². The highest BCUT2D eigenvalue weighted by molar-refractivity contribution is 5.77. The van der Waals surface area contributed by atoms with Gasteiger partial charge in [-0.15, -0.1) is 0 Å². The number of nitrogens with two attached hydrogens (primary N) is 1. The Morgan fingerprint density at radius 1 is 1.23 bits per heavy atom. The van der Waals surface area contributed by atoms with Crippen molar-refractivity contribution in [1.29, 1.82) is 0 Å². The summed E-state index contributed by atoms with van der Waals surface area (Å²) in [6.07, 6.45) is 8.51. The van der Waals surface area contributed by atoms with Crippen molar-refractivity contribution < 1.29 is 4.79 Å². The molecule has 1 saturated carbocycles. The van der Waals surface area contributed by atoms with Crippen molar-refractivity contribution in [3.05, 3.63) is 35.9 Å². The van der Waals surface area contributed by atoms with Crippen LogP contribution in [0, 0.1) is 5.41 Å². The van der Waals surface area contributed by atoms with Gasteiger partial charge < -0.3 is 11.1 Å². The molecule has 0 bridgehead atoms. The van der Waals surface area contributed by atoms with Crippen LogP contribution in [0.5, 0.6) is 0 Å². The van der Waals surface area contributed by atoms with Gasteiger partial charge in [0.15, 0.2) is 0 Å². The molecule has 3 nitrogen and oxygen atoms in total. The molecule has 0 saturated heterocycles. The van der Waals surface area contributed by atoms with E-state index in [-0.39, 0.29) is 17.4 Å². The van der Waals surface area contributed by atoms with E-state index in [0.717, 1.165) is 25.7 Å². The summed E-state index contributed by atoms with van der Waals surface area (Å²) in [5.41, 5.74) is 7.36. The van der Waals surface area contributed by atoms with Gasteiger partial charge in [-0.1, -0.05) is 49.6 Å². The molecule has 22 heavy (non-hydrogen) atoms. The second-order valence-electron chi connectivity index (χ2n) is 6.93. The standard InChI is InChI=1S/C19H30N2O/c1-16(10-11-17-8-4-2-5-9-17)21-18(22)14-19(15-20)12-6-3-7-13-19/h2,4-5,8-9,16H,3,6-7,10-15,20H2,1H3,(H,21,22). The molecule has 122 valence electrons. The predicted octanol–water partition coefficient (Wildman–Crippen LogP) is 3.42. The first-order valence-corrected chi connectivity index (χ1v) is 8.67. The molecule has 0 radical (unpaired) electrons. The molecule has 1 unspecified atom stereocenters. The lowest BCUT2D eigenvalue weighted by molar-refractivity contribution is -0.124. The fraction of sp³-hybridized carbons (Fsp3) is 0.632. The number of benzene rings is 1. The first-order valence-electron chi connectivity index (χ1n) is 8.67. The molecule has 1 aromatic carbocycles. The molecule has 0 spiro atoms. The summed E-state index contributed by atoms with van der Waals surface area (Å²) in [5, 5.41) is 3.16. The average Bonchev–Trinajstić information content (AvgIpc) is 2.54. The molecule has 1 atom stereocenters. The van der Waals surface area contributed by atoms with Gasteiger partial charge in [0.1, 0.15) is 0 Å². The van der Waals surface area contributed by atoms with Gasteiger partial charge in [0, 0.05) is 12.5 Å². The smallest absolute Gasteiger partial charge is 0.220 e. The number of nitrogens with one attached hydrogen (secondary N) is 1. The maximum atomic E-state index is 12.3. The zero-order valence-electron chi connectivity index (χ0n) is 13.8. The molecule has 3 N–H and O–H groups in total. The second-order valence-corrected chi connectivity index (χ2v) is 6.93. The van der Waals surface area contributed by atoms with Gasteiger partial charge in [-0.25, -0.2) is 0 Å². The third-order valence-corrected chi connectivity index (χ3v) is 5.00. The average molecular weight is 302 g/mol. The second kappa shape index (κ2) is 8.33. The number of amides is 1. The number of carbonyl (C=O) groups is 1. The number of aryl methyl sites for hydroxylation is 1. The summed E-state index contributed by atoms with van der Waals surface area (Å²) < 4.78 is 0. The molecule has 2 rings (SSSR count). The van der Waals surface area contributed by atoms with Crippen molar-refractivity contribution in [3.8, 4) is 0 Å². The van der Waals surface area contributed by atoms with Crippen LogP contribution < -0.4 is 11.1 Å². The predicted molar refractivity (Wildman–Crippen MR) is 91.6 cm³/mol. The lowest BCUT2D eigenvalue weighted by Crippen LogP contribution is -2.41. The van der Waals surface area contributed by atoms with E-state index in [1.165, 1.54) is 24.8 Å². The Kier molecular flexibility index (Phi) is 6.44. The van der Waals surface area contributed by atoms with Gasteiger partial charge >= 0.3 is 0 Å². The van der Waals surface area contributed by atoms with Gasteiger partial charge in [-0.05, 0) is 50.1 Å². The molecule has 1 aliphatic rings. The molecule has 0 aliphatic heterocycles. The third kappa shape index (κ3) is 5.13. The molecule has 0 heterocycles. The molecular formula is C19H30N2O. The normalized spacial score (nSPS) is 18.6. The van der Waals surface area contributed by atoms with Crippen molar-refractivity contribution in [3.63, 3.8) is 0 Å². The Morgan fingerprint density at radius 3 is 2.55 bits per heavy atom. The Balaban J connectivity index is 1.75. The quantitative estimate of drug-likeness (QED) is 0.811. The summed E-state index contributed by atoms with van der Waals surface area (Å²) in [6, 6.07) is 10.6. The summed E-state index contributed by atoms with van der Waals surface area (Å²) in [4.78, 5) is 12.3. The highest BCUT2D eigenvalue weighted by atomic mass is 16.1. The minimum Gasteiger partial charge on any atom is -0.354 e. The first-order chi connectivity index (χ1) is 10.6. The molecule has 1 fully saturated rings. The molecule has 1 amide bonds. The molecule has 0 aromatic heterocycles. The first kappa shape index (κ1) is 17.0. The number of hydrogen-bond donors (Lipinski definition) is 2. The maximum absolute atomic E-state index is 12.3. The summed E-state index contributed by atoms with van der Waals surface area (Å²) in [7, 11) is 0. The number of hydrogen-bond acceptors (Lipinski definition) is 2. The van der Waals surface area contributed by atoms with Gasteiger partial charge in [0.05, 0.1) is 0 Å². The minimum atomic E-state index is 0.0570. The van der Waals surface area contributed by atoms with Crippen molar-refractivity contribution >= 4 is 5.91 Å². The van der Waals surface area contributed by atoms with Crippen LogP contribution in [-0.2, 0) is 11.2 Å². The van der Waals surface area contributed by atoms with Gasteiger partial charge in [0.2, 0.25) is 5.91 Å². The zero-order chi connectivity index (χ0) is 15.8. The largest absolute Gasteiger partial charge is 0.354 e. The monoisotopic (exact) mass is 302 g/mol. The van der Waals surface area contributed by atoms with E-state index < -0.39 is 0 Å². The number of rotatable bonds is 7. The minimum absolute atomic E-state index is 0.0570. The van der Waals surface area contributed by atoms with Crippen molar-refractivity contribution in [1.82, 2.24) is 5.32 Å². The van der Waals surface area contributed by atoms with E-state index in [0.29, 0.717) is 13.0 Å². The Labute approximate surface area is 134 Å². The summed E-state index contributed by atoms with van der Waals surface area (Å²) in [6.45, 7) is 2.73. The van der Waals surface area contributed by atoms with Crippen molar-refractivity contribution in [2.75, 3.05) is 6.54 Å². The molecule has 1 aromatic rings. The topological polar surface area (TPSA) is 55.1 Å². The fourth-order valence-corrected chi connectivity index (χ4v) is 3.52. The summed E-state index contributed by atoms with van der Waals surface area (Å²) >= 11 is 0. The van der Waals surface area contributed by atoms with Gasteiger partial charge in [0.25, 0.3) is 0 Å². The van der Waals surface area contributed by atoms with E-state index in [9.17, 15) is 4.79 Å². The van der Waals surface area contributed by atoms with E-state index in [1.807, 2.05) is 6.07 Å². The van der Waals surface area contributed by atoms with Crippen LogP contribution in [0.15, 0.2) is 30.3 Å². The van der Waals surface area contributed by atoms with Crippen LogP contribution in [0.3, 0.4) is 0 Å².